The molecule has 2 atom stereocenters. The van der Waals surface area contributed by atoms with Crippen LogP contribution >= 0.6 is 0 Å². The maximum Gasteiger partial charge on any atom is 0.164 e. The number of likely N-dealkylation sites (N-methyl/N-ethyl adjacent to an activating group) is 1. The third-order valence-electron chi connectivity index (χ3n) is 6.66. The molecule has 0 aromatic rings. The average Bonchev–Trinajstić information content (AvgIpc) is 2.56. The quantitative estimate of drug-likeness (QED) is 0.718. The standard InChI is InChI=1S/C19H38FN4/c1-4-21-10-12-22(13-11-21)15-17-5-8-23(9-6-17)19-7-14-24(2,3)16-18(19)20/h17-19H,4-16H2,1-3H3/q+1. The molecule has 0 saturated carbocycles. The molecule has 2 unspecified atom stereocenters. The van der Waals surface area contributed by atoms with Crippen molar-refractivity contribution in [2.75, 3.05) is 79.5 Å². The van der Waals surface area contributed by atoms with E-state index in [0.717, 1.165) is 36.5 Å². The lowest BCUT2D eigenvalue weighted by atomic mass is 9.92. The molecule has 0 spiro atoms. The highest BCUT2D eigenvalue weighted by molar-refractivity contribution is 4.86. The van der Waals surface area contributed by atoms with Crippen LogP contribution in [-0.4, -0.2) is 111 Å². The van der Waals surface area contributed by atoms with E-state index in [1.807, 2.05) is 0 Å². The number of hydrogen-bond acceptors (Lipinski definition) is 3. The smallest absolute Gasteiger partial charge is 0.164 e. The van der Waals surface area contributed by atoms with Gasteiger partial charge >= 0.3 is 0 Å². The van der Waals surface area contributed by atoms with Gasteiger partial charge in [0.2, 0.25) is 0 Å². The highest BCUT2D eigenvalue weighted by Gasteiger charge is 2.39. The Morgan fingerprint density at radius 3 is 2.12 bits per heavy atom. The molecule has 3 aliphatic heterocycles. The predicted octanol–water partition coefficient (Wildman–Crippen LogP) is 1.52. The molecule has 3 saturated heterocycles. The zero-order chi connectivity index (χ0) is 17.2. The Bertz CT molecular complexity index is 387. The fourth-order valence-corrected chi connectivity index (χ4v) is 4.88. The molecule has 4 nitrogen and oxygen atoms in total. The zero-order valence-corrected chi connectivity index (χ0v) is 16.1. The summed E-state index contributed by atoms with van der Waals surface area (Å²) in [4.78, 5) is 7.67. The third kappa shape index (κ3) is 4.69. The first kappa shape index (κ1) is 18.6. The van der Waals surface area contributed by atoms with Gasteiger partial charge in [0, 0.05) is 39.1 Å². The van der Waals surface area contributed by atoms with Crippen LogP contribution in [0.5, 0.6) is 0 Å². The van der Waals surface area contributed by atoms with Crippen LogP contribution < -0.4 is 0 Å². The molecule has 3 fully saturated rings. The van der Waals surface area contributed by atoms with Crippen LogP contribution in [0.2, 0.25) is 0 Å². The monoisotopic (exact) mass is 341 g/mol. The molecule has 0 amide bonds. The Morgan fingerprint density at radius 1 is 0.917 bits per heavy atom. The van der Waals surface area contributed by atoms with Crippen molar-refractivity contribution in [1.82, 2.24) is 14.7 Å². The number of nitrogens with zero attached hydrogens (tertiary/aromatic N) is 4. The lowest BCUT2D eigenvalue weighted by molar-refractivity contribution is -0.898. The third-order valence-corrected chi connectivity index (χ3v) is 6.66. The second kappa shape index (κ2) is 7.98. The normalized spacial score (nSPS) is 34.5. The van der Waals surface area contributed by atoms with Gasteiger partial charge in [-0.05, 0) is 38.4 Å². The fourth-order valence-electron chi connectivity index (χ4n) is 4.88. The van der Waals surface area contributed by atoms with Crippen molar-refractivity contribution >= 4 is 0 Å². The minimum atomic E-state index is -0.646. The molecule has 3 aliphatic rings. The topological polar surface area (TPSA) is 9.72 Å². The largest absolute Gasteiger partial charge is 0.326 e. The first-order valence-electron chi connectivity index (χ1n) is 10.1. The number of rotatable bonds is 4. The van der Waals surface area contributed by atoms with Crippen LogP contribution in [0.1, 0.15) is 26.2 Å². The van der Waals surface area contributed by atoms with E-state index in [0.29, 0.717) is 6.54 Å². The Hall–Kier alpha value is -0.230. The summed E-state index contributed by atoms with van der Waals surface area (Å²) in [6, 6.07) is 0.185. The molecule has 3 heterocycles. The van der Waals surface area contributed by atoms with Gasteiger partial charge < -0.3 is 14.3 Å². The minimum Gasteiger partial charge on any atom is -0.326 e. The Balaban J connectivity index is 1.40. The molecule has 0 aliphatic carbocycles. The van der Waals surface area contributed by atoms with E-state index in [2.05, 4.69) is 35.7 Å². The van der Waals surface area contributed by atoms with Crippen molar-refractivity contribution in [2.45, 2.75) is 38.4 Å². The molecule has 0 aromatic heterocycles. The van der Waals surface area contributed by atoms with Crippen LogP contribution in [0, 0.1) is 5.92 Å². The highest BCUT2D eigenvalue weighted by atomic mass is 19.1. The van der Waals surface area contributed by atoms with Gasteiger partial charge in [0.1, 0.15) is 6.54 Å². The van der Waals surface area contributed by atoms with Gasteiger partial charge in [-0.15, -0.1) is 0 Å². The van der Waals surface area contributed by atoms with Crippen molar-refractivity contribution < 1.29 is 8.87 Å². The van der Waals surface area contributed by atoms with E-state index in [1.54, 1.807) is 0 Å². The fraction of sp³-hybridized carbons (Fsp3) is 1.00. The summed E-state index contributed by atoms with van der Waals surface area (Å²) in [5.41, 5.74) is 0. The van der Waals surface area contributed by atoms with Crippen LogP contribution in [0.3, 0.4) is 0 Å². The molecule has 0 N–H and O–H groups in total. The maximum atomic E-state index is 14.6. The molecule has 24 heavy (non-hydrogen) atoms. The first-order valence-corrected chi connectivity index (χ1v) is 10.1. The van der Waals surface area contributed by atoms with Crippen molar-refractivity contribution in [3.05, 3.63) is 0 Å². The van der Waals surface area contributed by atoms with Gasteiger partial charge in [-0.2, -0.15) is 0 Å². The summed E-state index contributed by atoms with van der Waals surface area (Å²) in [5, 5.41) is 0. The summed E-state index contributed by atoms with van der Waals surface area (Å²) in [5.74, 6) is 0.823. The summed E-state index contributed by atoms with van der Waals surface area (Å²) in [6.45, 7) is 13.7. The second-order valence-electron chi connectivity index (χ2n) is 8.93. The van der Waals surface area contributed by atoms with Crippen molar-refractivity contribution in [3.63, 3.8) is 0 Å². The highest BCUT2D eigenvalue weighted by Crippen LogP contribution is 2.27. The van der Waals surface area contributed by atoms with Crippen LogP contribution in [0.4, 0.5) is 4.39 Å². The molecule has 0 radical (unpaired) electrons. The number of halogens is 1. The van der Waals surface area contributed by atoms with E-state index in [9.17, 15) is 4.39 Å². The number of piperidine rings is 2. The van der Waals surface area contributed by atoms with E-state index < -0.39 is 6.17 Å². The van der Waals surface area contributed by atoms with Gasteiger partial charge in [-0.1, -0.05) is 6.92 Å². The van der Waals surface area contributed by atoms with Crippen molar-refractivity contribution in [1.29, 1.82) is 0 Å². The van der Waals surface area contributed by atoms with Gasteiger partial charge in [-0.25, -0.2) is 4.39 Å². The average molecular weight is 342 g/mol. The number of likely N-dealkylation sites (tertiary alicyclic amines) is 2. The van der Waals surface area contributed by atoms with Gasteiger partial charge in [0.15, 0.2) is 6.17 Å². The van der Waals surface area contributed by atoms with Gasteiger partial charge in [0.05, 0.1) is 26.7 Å². The molecular weight excluding hydrogens is 303 g/mol. The van der Waals surface area contributed by atoms with Crippen LogP contribution in [0.25, 0.3) is 0 Å². The molecular formula is C19H38FN4+. The molecule has 0 bridgehead atoms. The lowest BCUT2D eigenvalue weighted by Gasteiger charge is -2.46. The number of piperazine rings is 1. The summed E-state index contributed by atoms with van der Waals surface area (Å²) < 4.78 is 15.4. The SMILES string of the molecule is CCN1CCN(CC2CCN(C3CC[N+](C)(C)CC3F)CC2)CC1. The number of quaternary nitrogens is 1. The molecule has 140 valence electrons. The van der Waals surface area contributed by atoms with E-state index in [-0.39, 0.29) is 6.04 Å². The van der Waals surface area contributed by atoms with E-state index in [1.165, 1.54) is 52.1 Å². The molecule has 3 rings (SSSR count). The predicted molar refractivity (Wildman–Crippen MR) is 98.0 cm³/mol. The second-order valence-corrected chi connectivity index (χ2v) is 8.93. The van der Waals surface area contributed by atoms with Crippen molar-refractivity contribution in [3.8, 4) is 0 Å². The first-order chi connectivity index (χ1) is 11.5. The zero-order valence-electron chi connectivity index (χ0n) is 16.1. The Kier molecular flexibility index (Phi) is 6.17. The Labute approximate surface area is 148 Å². The summed E-state index contributed by atoms with van der Waals surface area (Å²) >= 11 is 0. The van der Waals surface area contributed by atoms with Crippen LogP contribution in [0.15, 0.2) is 0 Å². The maximum absolute atomic E-state index is 14.6. The van der Waals surface area contributed by atoms with Gasteiger partial charge in [0.25, 0.3) is 0 Å². The van der Waals surface area contributed by atoms with Gasteiger partial charge in [-0.3, -0.25) is 4.90 Å². The molecule has 5 heteroatoms. The number of alkyl halides is 1. The molecule has 0 aromatic carbocycles. The van der Waals surface area contributed by atoms with E-state index >= 15 is 0 Å². The number of hydrogen-bond donors (Lipinski definition) is 0. The summed E-state index contributed by atoms with van der Waals surface area (Å²) in [7, 11) is 4.32. The summed E-state index contributed by atoms with van der Waals surface area (Å²) in [6.07, 6.45) is 2.90. The minimum absolute atomic E-state index is 0.185. The van der Waals surface area contributed by atoms with Crippen molar-refractivity contribution in [2.24, 2.45) is 5.92 Å². The van der Waals surface area contributed by atoms with Crippen LogP contribution in [-0.2, 0) is 0 Å². The van der Waals surface area contributed by atoms with E-state index in [4.69, 9.17) is 0 Å². The Morgan fingerprint density at radius 2 is 1.54 bits per heavy atom. The lowest BCUT2D eigenvalue weighted by Crippen LogP contribution is -2.59.